The molecule has 0 aliphatic carbocycles. The van der Waals surface area contributed by atoms with Crippen molar-refractivity contribution in [2.45, 2.75) is 50.9 Å². The molecule has 5 rings (SSSR count). The second-order valence-corrected chi connectivity index (χ2v) is 9.15. The average Bonchev–Trinajstić information content (AvgIpc) is 2.85. The molecular weight excluding hydrogens is 392 g/mol. The Balaban J connectivity index is 1.55. The van der Waals surface area contributed by atoms with E-state index in [1.807, 2.05) is 0 Å². The molecule has 166 valence electrons. The zero-order valence-corrected chi connectivity index (χ0v) is 19.1. The van der Waals surface area contributed by atoms with Gasteiger partial charge in [-0.05, 0) is 53.6 Å². The van der Waals surface area contributed by atoms with Crippen LogP contribution in [0.3, 0.4) is 0 Å². The maximum absolute atomic E-state index is 5.88. The molecule has 0 fully saturated rings. The van der Waals surface area contributed by atoms with Crippen molar-refractivity contribution in [2.24, 2.45) is 0 Å². The molecule has 0 radical (unpaired) electrons. The molecule has 3 aromatic carbocycles. The third-order valence-corrected chi connectivity index (χ3v) is 7.06. The van der Waals surface area contributed by atoms with E-state index in [1.54, 1.807) is 0 Å². The average molecular weight is 427 g/mol. The van der Waals surface area contributed by atoms with E-state index in [2.05, 4.69) is 90.1 Å². The van der Waals surface area contributed by atoms with Crippen molar-refractivity contribution in [1.29, 1.82) is 0 Å². The molecule has 2 heterocycles. The number of hydrogen-bond acceptors (Lipinski definition) is 3. The van der Waals surface area contributed by atoms with E-state index in [9.17, 15) is 0 Å². The van der Waals surface area contributed by atoms with E-state index in [0.717, 1.165) is 44.6 Å². The number of unbranched alkanes of at least 4 members (excludes halogenated alkanes) is 2. The Hall–Kier alpha value is -2.78. The van der Waals surface area contributed by atoms with Gasteiger partial charge in [0.1, 0.15) is 0 Å². The molecule has 2 atom stereocenters. The quantitative estimate of drug-likeness (QED) is 0.307. The Morgan fingerprint density at radius 3 is 1.91 bits per heavy atom. The molecule has 3 heteroatoms. The van der Waals surface area contributed by atoms with Crippen LogP contribution in [0.1, 0.15) is 73.1 Å². The van der Waals surface area contributed by atoms with Gasteiger partial charge in [0.15, 0.2) is 0 Å². The normalized spacial score (nSPS) is 19.5. The third-order valence-electron chi connectivity index (χ3n) is 7.06. The van der Waals surface area contributed by atoms with Crippen LogP contribution in [-0.2, 0) is 4.84 Å². The second-order valence-electron chi connectivity index (χ2n) is 9.15. The van der Waals surface area contributed by atoms with Crippen molar-refractivity contribution in [3.05, 3.63) is 95.1 Å². The second kappa shape index (κ2) is 9.79. The lowest BCUT2D eigenvalue weighted by Crippen LogP contribution is -2.37. The van der Waals surface area contributed by atoms with E-state index in [1.165, 1.54) is 40.8 Å². The van der Waals surface area contributed by atoms with Gasteiger partial charge in [0.2, 0.25) is 0 Å². The van der Waals surface area contributed by atoms with Crippen LogP contribution >= 0.6 is 0 Å². The van der Waals surface area contributed by atoms with Crippen molar-refractivity contribution >= 4 is 11.4 Å². The number of nitrogens with one attached hydrogen (secondary N) is 1. The van der Waals surface area contributed by atoms with Crippen molar-refractivity contribution in [3.63, 3.8) is 0 Å². The molecule has 2 aliphatic rings. The van der Waals surface area contributed by atoms with Crippen LogP contribution in [0, 0.1) is 0 Å². The minimum absolute atomic E-state index is 0.428. The summed E-state index contributed by atoms with van der Waals surface area (Å²) < 4.78 is 0. The molecule has 0 saturated heterocycles. The molecule has 0 aromatic heterocycles. The van der Waals surface area contributed by atoms with Gasteiger partial charge in [0.25, 0.3) is 0 Å². The standard InChI is InChI=1S/C29H34N2O/c1-2-3-10-19-32-30-24-20-27-25(22-11-6-4-7-12-22)15-17-31-18-16-26(28(21-24)29(27)31)23-13-8-5-9-14-23/h4-9,11-14,20-21,25-26,30H,2-3,10,15-19H2,1H3. The predicted molar refractivity (Wildman–Crippen MR) is 134 cm³/mol. The van der Waals surface area contributed by atoms with E-state index < -0.39 is 0 Å². The summed E-state index contributed by atoms with van der Waals surface area (Å²) in [6, 6.07) is 26.7. The van der Waals surface area contributed by atoms with Crippen LogP contribution in [0.5, 0.6) is 0 Å². The van der Waals surface area contributed by atoms with Crippen LogP contribution in [0.4, 0.5) is 11.4 Å². The highest BCUT2D eigenvalue weighted by molar-refractivity contribution is 5.72. The van der Waals surface area contributed by atoms with Gasteiger partial charge in [-0.25, -0.2) is 0 Å². The van der Waals surface area contributed by atoms with E-state index in [-0.39, 0.29) is 0 Å². The number of nitrogens with zero attached hydrogens (tertiary/aromatic N) is 1. The lowest BCUT2D eigenvalue weighted by molar-refractivity contribution is 0.188. The smallest absolute Gasteiger partial charge is 0.0746 e. The van der Waals surface area contributed by atoms with Crippen LogP contribution in [0.15, 0.2) is 72.8 Å². The van der Waals surface area contributed by atoms with Gasteiger partial charge in [-0.3, -0.25) is 10.3 Å². The zero-order chi connectivity index (χ0) is 21.8. The van der Waals surface area contributed by atoms with Gasteiger partial charge < -0.3 is 4.90 Å². The summed E-state index contributed by atoms with van der Waals surface area (Å²) in [5.41, 5.74) is 11.6. The fourth-order valence-electron chi connectivity index (χ4n) is 5.47. The Labute approximate surface area is 192 Å². The van der Waals surface area contributed by atoms with Crippen LogP contribution in [0.25, 0.3) is 0 Å². The molecule has 0 bridgehead atoms. The summed E-state index contributed by atoms with van der Waals surface area (Å²) in [6.07, 6.45) is 5.83. The molecule has 0 spiro atoms. The molecular formula is C29H34N2O. The van der Waals surface area contributed by atoms with Gasteiger partial charge in [0, 0.05) is 30.6 Å². The van der Waals surface area contributed by atoms with E-state index >= 15 is 0 Å². The number of benzene rings is 3. The van der Waals surface area contributed by atoms with Crippen molar-refractivity contribution < 1.29 is 4.84 Å². The van der Waals surface area contributed by atoms with E-state index in [4.69, 9.17) is 4.84 Å². The van der Waals surface area contributed by atoms with Crippen LogP contribution < -0.4 is 10.4 Å². The van der Waals surface area contributed by atoms with Gasteiger partial charge in [-0.2, -0.15) is 0 Å². The molecule has 0 amide bonds. The Bertz CT molecular complexity index is 945. The lowest BCUT2D eigenvalue weighted by Gasteiger charge is -2.43. The first-order valence-corrected chi connectivity index (χ1v) is 12.3. The third kappa shape index (κ3) is 4.27. The molecule has 2 unspecified atom stereocenters. The van der Waals surface area contributed by atoms with E-state index in [0.29, 0.717) is 11.8 Å². The maximum atomic E-state index is 5.88. The minimum Gasteiger partial charge on any atom is -0.371 e. The Kier molecular flexibility index (Phi) is 6.45. The highest BCUT2D eigenvalue weighted by Crippen LogP contribution is 2.49. The first-order chi connectivity index (χ1) is 15.8. The molecule has 32 heavy (non-hydrogen) atoms. The van der Waals surface area contributed by atoms with Crippen molar-refractivity contribution in [3.8, 4) is 0 Å². The highest BCUT2D eigenvalue weighted by atomic mass is 16.6. The summed E-state index contributed by atoms with van der Waals surface area (Å²) in [5, 5.41) is 0. The summed E-state index contributed by atoms with van der Waals surface area (Å²) >= 11 is 0. The first kappa shape index (κ1) is 21.1. The maximum Gasteiger partial charge on any atom is 0.0746 e. The van der Waals surface area contributed by atoms with Crippen molar-refractivity contribution in [2.75, 3.05) is 30.1 Å². The summed E-state index contributed by atoms with van der Waals surface area (Å²) in [6.45, 7) is 5.22. The first-order valence-electron chi connectivity index (χ1n) is 12.3. The highest BCUT2D eigenvalue weighted by Gasteiger charge is 2.35. The minimum atomic E-state index is 0.428. The monoisotopic (exact) mass is 426 g/mol. The summed E-state index contributed by atoms with van der Waals surface area (Å²) in [7, 11) is 0. The molecule has 3 aromatic rings. The van der Waals surface area contributed by atoms with Gasteiger partial charge >= 0.3 is 0 Å². The van der Waals surface area contributed by atoms with Crippen molar-refractivity contribution in [1.82, 2.24) is 0 Å². The summed E-state index contributed by atoms with van der Waals surface area (Å²) in [5.74, 6) is 0.857. The zero-order valence-electron chi connectivity index (χ0n) is 19.1. The predicted octanol–water partition coefficient (Wildman–Crippen LogP) is 7.10. The SMILES string of the molecule is CCCCCONc1cc2c3c(c1)C(c1ccccc1)CCN3CCC2c1ccccc1. The lowest BCUT2D eigenvalue weighted by atomic mass is 9.76. The van der Waals surface area contributed by atoms with Crippen LogP contribution in [-0.4, -0.2) is 19.7 Å². The Morgan fingerprint density at radius 1 is 0.812 bits per heavy atom. The fraction of sp³-hybridized carbons (Fsp3) is 0.379. The van der Waals surface area contributed by atoms with Gasteiger partial charge in [-0.1, -0.05) is 80.4 Å². The number of rotatable bonds is 8. The van der Waals surface area contributed by atoms with Crippen LogP contribution in [0.2, 0.25) is 0 Å². The topological polar surface area (TPSA) is 24.5 Å². The molecule has 0 saturated carbocycles. The molecule has 3 nitrogen and oxygen atoms in total. The number of anilines is 2. The summed E-state index contributed by atoms with van der Waals surface area (Å²) in [4.78, 5) is 8.50. The fourth-order valence-corrected chi connectivity index (χ4v) is 5.47. The molecule has 2 aliphatic heterocycles. The largest absolute Gasteiger partial charge is 0.371 e. The van der Waals surface area contributed by atoms with Gasteiger partial charge in [-0.15, -0.1) is 0 Å². The number of hydrogen-bond donors (Lipinski definition) is 1. The Morgan fingerprint density at radius 2 is 1.38 bits per heavy atom. The van der Waals surface area contributed by atoms with Gasteiger partial charge in [0.05, 0.1) is 12.3 Å². The molecule has 1 N–H and O–H groups in total.